The van der Waals surface area contributed by atoms with E-state index in [-0.39, 0.29) is 0 Å². The molecule has 0 aliphatic carbocycles. The van der Waals surface area contributed by atoms with Crippen molar-refractivity contribution in [1.82, 2.24) is 10.2 Å². The second-order valence-corrected chi connectivity index (χ2v) is 2.35. The minimum atomic E-state index is 1.05. The number of hydrogen-bond acceptors (Lipinski definition) is 2. The van der Waals surface area contributed by atoms with Crippen LogP contribution in [0, 0.1) is 6.92 Å². The molecular weight excluding hydrogens is 114 g/mol. The number of fused-ring (bicyclic) bond motifs is 1. The van der Waals surface area contributed by atoms with Crippen molar-refractivity contribution >= 4 is 5.69 Å². The van der Waals surface area contributed by atoms with E-state index < -0.39 is 0 Å². The molecular formula is C6H9N3. The van der Waals surface area contributed by atoms with E-state index in [2.05, 4.69) is 15.5 Å². The molecule has 1 aliphatic heterocycles. The number of H-pyrrole nitrogens is 1. The molecule has 3 heteroatoms. The number of aromatic amines is 1. The van der Waals surface area contributed by atoms with Crippen LogP contribution in [0.3, 0.4) is 0 Å². The molecule has 2 rings (SSSR count). The van der Waals surface area contributed by atoms with E-state index in [4.69, 9.17) is 0 Å². The Bertz CT molecular complexity index is 226. The molecule has 1 aromatic rings. The summed E-state index contributed by atoms with van der Waals surface area (Å²) in [7, 11) is 0. The van der Waals surface area contributed by atoms with Gasteiger partial charge in [0.2, 0.25) is 0 Å². The number of nitrogens with one attached hydrogen (secondary N) is 2. The Labute approximate surface area is 53.5 Å². The minimum absolute atomic E-state index is 1.05. The molecule has 0 spiro atoms. The van der Waals surface area contributed by atoms with Gasteiger partial charge in [0.1, 0.15) is 0 Å². The fourth-order valence-corrected chi connectivity index (χ4v) is 1.20. The minimum Gasteiger partial charge on any atom is -0.382 e. The zero-order valence-corrected chi connectivity index (χ0v) is 5.36. The molecule has 0 radical (unpaired) electrons. The first-order valence-electron chi connectivity index (χ1n) is 3.15. The predicted octanol–water partition coefficient (Wildman–Crippen LogP) is 0.686. The summed E-state index contributed by atoms with van der Waals surface area (Å²) in [5.41, 5.74) is 3.56. The molecule has 48 valence electrons. The van der Waals surface area contributed by atoms with Crippen LogP contribution in [0.4, 0.5) is 5.69 Å². The summed E-state index contributed by atoms with van der Waals surface area (Å²) in [6.45, 7) is 3.08. The predicted molar refractivity (Wildman–Crippen MR) is 35.5 cm³/mol. The Morgan fingerprint density at radius 3 is 3.22 bits per heavy atom. The maximum absolute atomic E-state index is 4.11. The van der Waals surface area contributed by atoms with Crippen LogP contribution in [0.5, 0.6) is 0 Å². The molecule has 0 amide bonds. The number of hydrogen-bond donors (Lipinski definition) is 2. The molecule has 1 aromatic heterocycles. The van der Waals surface area contributed by atoms with E-state index in [1.807, 2.05) is 6.92 Å². The Morgan fingerprint density at radius 2 is 2.44 bits per heavy atom. The highest BCUT2D eigenvalue weighted by Crippen LogP contribution is 2.21. The molecule has 2 heterocycles. The first kappa shape index (κ1) is 4.85. The van der Waals surface area contributed by atoms with Gasteiger partial charge in [0, 0.05) is 13.0 Å². The van der Waals surface area contributed by atoms with Crippen molar-refractivity contribution in [2.75, 3.05) is 11.9 Å². The third kappa shape index (κ3) is 0.542. The van der Waals surface area contributed by atoms with Gasteiger partial charge in [0.15, 0.2) is 0 Å². The molecule has 0 atom stereocenters. The van der Waals surface area contributed by atoms with Gasteiger partial charge in [-0.05, 0) is 6.92 Å². The maximum Gasteiger partial charge on any atom is 0.0873 e. The van der Waals surface area contributed by atoms with Crippen molar-refractivity contribution in [2.24, 2.45) is 0 Å². The molecule has 1 aliphatic rings. The summed E-state index contributed by atoms with van der Waals surface area (Å²) in [6.07, 6.45) is 1.07. The van der Waals surface area contributed by atoms with Gasteiger partial charge in [-0.25, -0.2) is 0 Å². The lowest BCUT2D eigenvalue weighted by atomic mass is 10.3. The molecule has 0 aromatic carbocycles. The summed E-state index contributed by atoms with van der Waals surface area (Å²) in [5, 5.41) is 10.3. The van der Waals surface area contributed by atoms with Crippen LogP contribution < -0.4 is 5.32 Å². The Morgan fingerprint density at radius 1 is 1.56 bits per heavy atom. The third-order valence-corrected chi connectivity index (χ3v) is 1.69. The number of rotatable bonds is 0. The first-order valence-corrected chi connectivity index (χ1v) is 3.15. The summed E-state index contributed by atoms with van der Waals surface area (Å²) in [4.78, 5) is 0. The van der Waals surface area contributed by atoms with Crippen LogP contribution in [0.1, 0.15) is 11.4 Å². The maximum atomic E-state index is 4.11. The zero-order chi connectivity index (χ0) is 6.27. The van der Waals surface area contributed by atoms with Crippen molar-refractivity contribution in [3.05, 3.63) is 11.4 Å². The summed E-state index contributed by atoms with van der Waals surface area (Å²) in [5.74, 6) is 0. The molecule has 0 bridgehead atoms. The van der Waals surface area contributed by atoms with Crippen LogP contribution in [-0.2, 0) is 6.42 Å². The fraction of sp³-hybridized carbons (Fsp3) is 0.500. The van der Waals surface area contributed by atoms with E-state index in [0.717, 1.165) is 18.7 Å². The van der Waals surface area contributed by atoms with Crippen molar-refractivity contribution in [1.29, 1.82) is 0 Å². The summed E-state index contributed by atoms with van der Waals surface area (Å²) in [6, 6.07) is 0. The lowest BCUT2D eigenvalue weighted by molar-refractivity contribution is 0.946. The van der Waals surface area contributed by atoms with E-state index in [1.54, 1.807) is 0 Å². The number of anilines is 1. The lowest BCUT2D eigenvalue weighted by Crippen LogP contribution is -1.94. The van der Waals surface area contributed by atoms with Crippen molar-refractivity contribution < 1.29 is 0 Å². The van der Waals surface area contributed by atoms with E-state index in [1.165, 1.54) is 11.4 Å². The van der Waals surface area contributed by atoms with Crippen LogP contribution in [0.2, 0.25) is 0 Å². The normalized spacial score (nSPS) is 15.2. The van der Waals surface area contributed by atoms with Crippen LogP contribution >= 0.6 is 0 Å². The van der Waals surface area contributed by atoms with Crippen molar-refractivity contribution in [3.63, 3.8) is 0 Å². The fourth-order valence-electron chi connectivity index (χ4n) is 1.20. The molecule has 0 saturated carbocycles. The second kappa shape index (κ2) is 1.50. The third-order valence-electron chi connectivity index (χ3n) is 1.69. The molecule has 2 N–H and O–H groups in total. The van der Waals surface area contributed by atoms with Gasteiger partial charge >= 0.3 is 0 Å². The van der Waals surface area contributed by atoms with E-state index >= 15 is 0 Å². The van der Waals surface area contributed by atoms with Gasteiger partial charge in [-0.2, -0.15) is 5.10 Å². The average Bonchev–Trinajstić information content (AvgIpc) is 2.35. The zero-order valence-electron chi connectivity index (χ0n) is 5.36. The lowest BCUT2D eigenvalue weighted by Gasteiger charge is -1.91. The topological polar surface area (TPSA) is 40.7 Å². The Kier molecular flexibility index (Phi) is 0.806. The quantitative estimate of drug-likeness (QED) is 0.532. The SMILES string of the molecule is Cc1[nH]nc2c1NCC2. The average molecular weight is 123 g/mol. The van der Waals surface area contributed by atoms with Gasteiger partial charge in [-0.3, -0.25) is 5.10 Å². The smallest absolute Gasteiger partial charge is 0.0873 e. The Hall–Kier alpha value is -0.990. The molecule has 0 unspecified atom stereocenters. The highest BCUT2D eigenvalue weighted by atomic mass is 15.2. The highest BCUT2D eigenvalue weighted by molar-refractivity contribution is 5.55. The van der Waals surface area contributed by atoms with Gasteiger partial charge in [-0.15, -0.1) is 0 Å². The van der Waals surface area contributed by atoms with Crippen LogP contribution in [0.25, 0.3) is 0 Å². The van der Waals surface area contributed by atoms with Crippen LogP contribution in [0.15, 0.2) is 0 Å². The van der Waals surface area contributed by atoms with Gasteiger partial charge in [0.05, 0.1) is 17.1 Å². The second-order valence-electron chi connectivity index (χ2n) is 2.35. The largest absolute Gasteiger partial charge is 0.382 e. The van der Waals surface area contributed by atoms with E-state index in [0.29, 0.717) is 0 Å². The first-order chi connectivity index (χ1) is 4.38. The summed E-state index contributed by atoms with van der Waals surface area (Å²) < 4.78 is 0. The monoisotopic (exact) mass is 123 g/mol. The number of aromatic nitrogens is 2. The van der Waals surface area contributed by atoms with Crippen molar-refractivity contribution in [3.8, 4) is 0 Å². The van der Waals surface area contributed by atoms with Gasteiger partial charge < -0.3 is 5.32 Å². The molecule has 0 saturated heterocycles. The molecule has 0 fully saturated rings. The molecule has 3 nitrogen and oxygen atoms in total. The van der Waals surface area contributed by atoms with E-state index in [9.17, 15) is 0 Å². The van der Waals surface area contributed by atoms with Gasteiger partial charge in [-0.1, -0.05) is 0 Å². The highest BCUT2D eigenvalue weighted by Gasteiger charge is 2.14. The Balaban J connectivity index is 2.56. The van der Waals surface area contributed by atoms with Gasteiger partial charge in [0.25, 0.3) is 0 Å². The molecule has 9 heavy (non-hydrogen) atoms. The number of aryl methyl sites for hydroxylation is 1. The van der Waals surface area contributed by atoms with Crippen LogP contribution in [-0.4, -0.2) is 16.7 Å². The van der Waals surface area contributed by atoms with Crippen molar-refractivity contribution in [2.45, 2.75) is 13.3 Å². The number of nitrogens with zero attached hydrogens (tertiary/aromatic N) is 1. The standard InChI is InChI=1S/C6H9N3/c1-4-6-5(9-8-4)2-3-7-6/h7H,2-3H2,1H3,(H,8,9). The summed E-state index contributed by atoms with van der Waals surface area (Å²) >= 11 is 0.